The lowest BCUT2D eigenvalue weighted by Gasteiger charge is -2.17. The summed E-state index contributed by atoms with van der Waals surface area (Å²) in [7, 11) is 0. The van der Waals surface area contributed by atoms with E-state index in [0.717, 1.165) is 6.42 Å². The second-order valence-electron chi connectivity index (χ2n) is 5.29. The van der Waals surface area contributed by atoms with E-state index in [1.54, 1.807) is 0 Å². The lowest BCUT2D eigenvalue weighted by molar-refractivity contribution is 0.356. The zero-order valence-corrected chi connectivity index (χ0v) is 9.86. The Bertz CT molecular complexity index is 97.1. The summed E-state index contributed by atoms with van der Waals surface area (Å²) in [6.07, 6.45) is 10.9. The van der Waals surface area contributed by atoms with E-state index in [4.69, 9.17) is 0 Å². The van der Waals surface area contributed by atoms with Crippen molar-refractivity contribution in [3.63, 3.8) is 0 Å². The topological polar surface area (TPSA) is 0 Å². The van der Waals surface area contributed by atoms with Crippen LogP contribution in [0.3, 0.4) is 0 Å². The molecule has 0 rings (SSSR count). The molecule has 1 radical (unpaired) electrons. The minimum Gasteiger partial charge on any atom is -0.0602 e. The lowest BCUT2D eigenvalue weighted by Crippen LogP contribution is -2.03. The molecule has 0 saturated carbocycles. The molecule has 0 N–H and O–H groups in total. The van der Waals surface area contributed by atoms with E-state index in [0.29, 0.717) is 5.41 Å². The predicted molar refractivity (Wildman–Crippen MR) is 61.7 cm³/mol. The monoisotopic (exact) mass is 183 g/mol. The molecule has 0 heterocycles. The smallest absolute Gasteiger partial charge is 0.0383 e. The van der Waals surface area contributed by atoms with Crippen molar-refractivity contribution in [3.8, 4) is 0 Å². The minimum absolute atomic E-state index is 0.535. The van der Waals surface area contributed by atoms with Crippen LogP contribution in [0.15, 0.2) is 0 Å². The first-order chi connectivity index (χ1) is 6.06. The molecule has 0 aromatic rings. The van der Waals surface area contributed by atoms with Gasteiger partial charge < -0.3 is 0 Å². The third kappa shape index (κ3) is 12.0. The van der Waals surface area contributed by atoms with E-state index in [9.17, 15) is 0 Å². The van der Waals surface area contributed by atoms with Gasteiger partial charge in [0, 0.05) is 0 Å². The summed E-state index contributed by atoms with van der Waals surface area (Å²) < 4.78 is 0. The maximum absolute atomic E-state index is 3.85. The molecule has 0 fully saturated rings. The Kier molecular flexibility index (Phi) is 7.41. The van der Waals surface area contributed by atoms with Crippen LogP contribution in [0.1, 0.15) is 72.1 Å². The van der Waals surface area contributed by atoms with Crippen molar-refractivity contribution in [2.45, 2.75) is 72.1 Å². The zero-order valence-electron chi connectivity index (χ0n) is 9.86. The Hall–Kier alpha value is 0. The van der Waals surface area contributed by atoms with Gasteiger partial charge in [-0.2, -0.15) is 0 Å². The van der Waals surface area contributed by atoms with Crippen LogP contribution in [-0.4, -0.2) is 0 Å². The van der Waals surface area contributed by atoms with Gasteiger partial charge in [0.05, 0.1) is 0 Å². The first-order valence-corrected chi connectivity index (χ1v) is 5.85. The van der Waals surface area contributed by atoms with Gasteiger partial charge in [0.1, 0.15) is 0 Å². The molecule has 0 aliphatic heterocycles. The second kappa shape index (κ2) is 7.41. The number of hydrogen-bond donors (Lipinski definition) is 0. The summed E-state index contributed by atoms with van der Waals surface area (Å²) in [6, 6.07) is 0. The summed E-state index contributed by atoms with van der Waals surface area (Å²) >= 11 is 0. The largest absolute Gasteiger partial charge is 0.0602 e. The molecule has 0 nitrogen and oxygen atoms in total. The predicted octanol–water partition coefficient (Wildman–Crippen LogP) is 4.99. The fourth-order valence-corrected chi connectivity index (χ4v) is 1.54. The molecule has 0 amide bonds. The van der Waals surface area contributed by atoms with Gasteiger partial charge in [-0.25, -0.2) is 0 Å². The molecular formula is C13H27. The molecular weight excluding hydrogens is 156 g/mol. The molecule has 0 unspecified atom stereocenters. The summed E-state index contributed by atoms with van der Waals surface area (Å²) in [6.45, 7) is 10.8. The molecule has 79 valence electrons. The van der Waals surface area contributed by atoms with Crippen LogP contribution in [0.4, 0.5) is 0 Å². The Morgan fingerprint density at radius 2 is 1.23 bits per heavy atom. The maximum atomic E-state index is 3.85. The highest BCUT2D eigenvalue weighted by molar-refractivity contribution is 4.60. The number of unbranched alkanes of at least 4 members (excludes halogenated alkanes) is 6. The highest BCUT2D eigenvalue weighted by Crippen LogP contribution is 2.22. The molecule has 0 aliphatic rings. The Balaban J connectivity index is 3.00. The van der Waals surface area contributed by atoms with Crippen LogP contribution in [-0.2, 0) is 0 Å². The van der Waals surface area contributed by atoms with E-state index in [-0.39, 0.29) is 0 Å². The summed E-state index contributed by atoms with van der Waals surface area (Å²) in [5, 5.41) is 0. The minimum atomic E-state index is 0.535. The zero-order chi connectivity index (χ0) is 10.2. The van der Waals surface area contributed by atoms with Crippen molar-refractivity contribution in [1.29, 1.82) is 0 Å². The van der Waals surface area contributed by atoms with Gasteiger partial charge in [-0.3, -0.25) is 0 Å². The fraction of sp³-hybridized carbons (Fsp3) is 0.923. The molecule has 0 heteroatoms. The fourth-order valence-electron chi connectivity index (χ4n) is 1.54. The molecule has 0 saturated heterocycles. The molecule has 0 atom stereocenters. The van der Waals surface area contributed by atoms with Crippen molar-refractivity contribution < 1.29 is 0 Å². The molecule has 0 bridgehead atoms. The SMILES string of the molecule is [CH2]CCCCCCCCC(C)(C)C. The first-order valence-electron chi connectivity index (χ1n) is 5.85. The van der Waals surface area contributed by atoms with E-state index < -0.39 is 0 Å². The maximum Gasteiger partial charge on any atom is -0.0383 e. The van der Waals surface area contributed by atoms with Crippen LogP contribution >= 0.6 is 0 Å². The van der Waals surface area contributed by atoms with Crippen LogP contribution < -0.4 is 0 Å². The summed E-state index contributed by atoms with van der Waals surface area (Å²) in [5.41, 5.74) is 0.535. The van der Waals surface area contributed by atoms with Crippen molar-refractivity contribution in [3.05, 3.63) is 6.92 Å². The lowest BCUT2D eigenvalue weighted by atomic mass is 9.89. The molecule has 0 aromatic carbocycles. The van der Waals surface area contributed by atoms with Crippen molar-refractivity contribution in [2.75, 3.05) is 0 Å². The van der Waals surface area contributed by atoms with Gasteiger partial charge in [0.15, 0.2) is 0 Å². The quantitative estimate of drug-likeness (QED) is 0.488. The van der Waals surface area contributed by atoms with Crippen LogP contribution in [0.5, 0.6) is 0 Å². The number of hydrogen-bond acceptors (Lipinski definition) is 0. The normalized spacial score (nSPS) is 12.0. The van der Waals surface area contributed by atoms with E-state index >= 15 is 0 Å². The second-order valence-corrected chi connectivity index (χ2v) is 5.29. The van der Waals surface area contributed by atoms with Crippen molar-refractivity contribution >= 4 is 0 Å². The van der Waals surface area contributed by atoms with Crippen LogP contribution in [0.25, 0.3) is 0 Å². The van der Waals surface area contributed by atoms with Gasteiger partial charge in [-0.1, -0.05) is 72.6 Å². The summed E-state index contributed by atoms with van der Waals surface area (Å²) in [4.78, 5) is 0. The third-order valence-corrected chi connectivity index (χ3v) is 2.43. The average Bonchev–Trinajstić information content (AvgIpc) is 2.01. The first kappa shape index (κ1) is 13.0. The van der Waals surface area contributed by atoms with Gasteiger partial charge in [0.25, 0.3) is 0 Å². The van der Waals surface area contributed by atoms with Crippen LogP contribution in [0, 0.1) is 12.3 Å². The van der Waals surface area contributed by atoms with E-state index in [2.05, 4.69) is 27.7 Å². The Morgan fingerprint density at radius 1 is 0.769 bits per heavy atom. The highest BCUT2D eigenvalue weighted by atomic mass is 14.1. The summed E-state index contributed by atoms with van der Waals surface area (Å²) in [5.74, 6) is 0. The van der Waals surface area contributed by atoms with Gasteiger partial charge in [0.2, 0.25) is 0 Å². The molecule has 13 heavy (non-hydrogen) atoms. The van der Waals surface area contributed by atoms with Gasteiger partial charge >= 0.3 is 0 Å². The third-order valence-electron chi connectivity index (χ3n) is 2.43. The van der Waals surface area contributed by atoms with Crippen molar-refractivity contribution in [2.24, 2.45) is 5.41 Å². The van der Waals surface area contributed by atoms with Gasteiger partial charge in [-0.15, -0.1) is 0 Å². The molecule has 0 aliphatic carbocycles. The van der Waals surface area contributed by atoms with E-state index in [1.807, 2.05) is 0 Å². The standard InChI is InChI=1S/C13H27/c1-5-6-7-8-9-10-11-12-13(2,3)4/h1,5-12H2,2-4H3. The van der Waals surface area contributed by atoms with Crippen molar-refractivity contribution in [1.82, 2.24) is 0 Å². The van der Waals surface area contributed by atoms with Crippen LogP contribution in [0.2, 0.25) is 0 Å². The number of rotatable bonds is 7. The Labute approximate surface area is 85.1 Å². The molecule has 0 aromatic heterocycles. The molecule has 0 spiro atoms. The Morgan fingerprint density at radius 3 is 1.69 bits per heavy atom. The van der Waals surface area contributed by atoms with E-state index in [1.165, 1.54) is 44.9 Å². The highest BCUT2D eigenvalue weighted by Gasteiger charge is 2.08. The average molecular weight is 183 g/mol. The van der Waals surface area contributed by atoms with Gasteiger partial charge in [-0.05, 0) is 11.8 Å².